The number of anilines is 1. The first-order chi connectivity index (χ1) is 14.1. The maximum absolute atomic E-state index is 12.8. The zero-order valence-corrected chi connectivity index (χ0v) is 16.8. The number of ether oxygens (including phenoxy) is 1. The molecule has 3 aromatic carbocycles. The summed E-state index contributed by atoms with van der Waals surface area (Å²) in [6.45, 7) is 0. The number of thioether (sulfide) groups is 1. The molecule has 1 amide bonds. The minimum absolute atomic E-state index is 0.169. The van der Waals surface area contributed by atoms with E-state index in [2.05, 4.69) is 0 Å². The van der Waals surface area contributed by atoms with E-state index in [0.717, 1.165) is 11.3 Å². The van der Waals surface area contributed by atoms with Crippen molar-refractivity contribution in [2.45, 2.75) is 0 Å². The largest absolute Gasteiger partial charge is 0.423 e. The summed E-state index contributed by atoms with van der Waals surface area (Å²) in [4.78, 5) is 27.1. The lowest BCUT2D eigenvalue weighted by molar-refractivity contribution is -0.113. The van der Waals surface area contributed by atoms with E-state index in [4.69, 9.17) is 17.0 Å². The molecule has 1 fully saturated rings. The summed E-state index contributed by atoms with van der Waals surface area (Å²) >= 11 is 6.64. The monoisotopic (exact) mass is 417 g/mol. The van der Waals surface area contributed by atoms with Crippen molar-refractivity contribution >= 4 is 51.9 Å². The number of thiocarbonyl (C=S) groups is 1. The second-order valence-electron chi connectivity index (χ2n) is 6.18. The second-order valence-corrected chi connectivity index (χ2v) is 7.86. The first-order valence-electron chi connectivity index (χ1n) is 8.82. The van der Waals surface area contributed by atoms with Gasteiger partial charge in [0.05, 0.1) is 16.2 Å². The Labute approximate surface area is 177 Å². The molecule has 6 heteroatoms. The van der Waals surface area contributed by atoms with Crippen molar-refractivity contribution in [2.75, 3.05) is 4.90 Å². The summed E-state index contributed by atoms with van der Waals surface area (Å²) in [5.41, 5.74) is 1.96. The molecule has 29 heavy (non-hydrogen) atoms. The van der Waals surface area contributed by atoms with Crippen molar-refractivity contribution in [3.63, 3.8) is 0 Å². The first-order valence-corrected chi connectivity index (χ1v) is 10.0. The normalized spacial score (nSPS) is 15.0. The van der Waals surface area contributed by atoms with Gasteiger partial charge in [-0.2, -0.15) is 0 Å². The van der Waals surface area contributed by atoms with E-state index in [-0.39, 0.29) is 5.91 Å². The van der Waals surface area contributed by atoms with Crippen LogP contribution in [0.4, 0.5) is 5.69 Å². The molecule has 0 radical (unpaired) electrons. The Morgan fingerprint density at radius 2 is 1.62 bits per heavy atom. The van der Waals surface area contributed by atoms with Crippen LogP contribution in [-0.4, -0.2) is 16.2 Å². The molecule has 1 saturated heterocycles. The molecule has 4 nitrogen and oxygen atoms in total. The number of nitrogens with zero attached hydrogens (tertiary/aromatic N) is 1. The van der Waals surface area contributed by atoms with Crippen LogP contribution < -0.4 is 9.64 Å². The van der Waals surface area contributed by atoms with Gasteiger partial charge in [0.25, 0.3) is 5.91 Å². The van der Waals surface area contributed by atoms with Crippen molar-refractivity contribution in [2.24, 2.45) is 0 Å². The van der Waals surface area contributed by atoms with Gasteiger partial charge < -0.3 is 4.74 Å². The highest BCUT2D eigenvalue weighted by Gasteiger charge is 2.33. The average Bonchev–Trinajstić information content (AvgIpc) is 3.02. The van der Waals surface area contributed by atoms with E-state index in [1.165, 1.54) is 16.7 Å². The predicted molar refractivity (Wildman–Crippen MR) is 120 cm³/mol. The molecule has 0 N–H and O–H groups in total. The molecule has 4 rings (SSSR count). The lowest BCUT2D eigenvalue weighted by Crippen LogP contribution is -2.27. The fourth-order valence-corrected chi connectivity index (χ4v) is 4.13. The van der Waals surface area contributed by atoms with E-state index in [0.29, 0.717) is 20.5 Å². The van der Waals surface area contributed by atoms with E-state index < -0.39 is 5.97 Å². The van der Waals surface area contributed by atoms with Crippen LogP contribution >= 0.6 is 24.0 Å². The number of carbonyl (C=O) groups excluding carboxylic acids is 2. The molecule has 1 heterocycles. The summed E-state index contributed by atoms with van der Waals surface area (Å²) in [7, 11) is 0. The number of rotatable bonds is 4. The molecule has 1 aliphatic rings. The smallest absolute Gasteiger partial charge is 0.343 e. The van der Waals surface area contributed by atoms with Gasteiger partial charge in [0.15, 0.2) is 4.32 Å². The molecule has 0 aromatic heterocycles. The topological polar surface area (TPSA) is 46.6 Å². The van der Waals surface area contributed by atoms with Gasteiger partial charge in [-0.05, 0) is 48.0 Å². The molecule has 142 valence electrons. The van der Waals surface area contributed by atoms with Crippen LogP contribution in [0.1, 0.15) is 15.9 Å². The zero-order valence-electron chi connectivity index (χ0n) is 15.1. The third kappa shape index (κ3) is 4.29. The summed E-state index contributed by atoms with van der Waals surface area (Å²) < 4.78 is 5.93. The lowest BCUT2D eigenvalue weighted by Gasteiger charge is -2.13. The molecule has 1 aliphatic heterocycles. The molecule has 0 saturated carbocycles. The Hall–Kier alpha value is -3.22. The van der Waals surface area contributed by atoms with Gasteiger partial charge in [-0.25, -0.2) is 4.79 Å². The number of benzene rings is 3. The van der Waals surface area contributed by atoms with Gasteiger partial charge in [-0.15, -0.1) is 0 Å². The molecule has 0 aliphatic carbocycles. The average molecular weight is 418 g/mol. The van der Waals surface area contributed by atoms with Crippen molar-refractivity contribution < 1.29 is 14.3 Å². The minimum atomic E-state index is -0.432. The van der Waals surface area contributed by atoms with Crippen LogP contribution in [0, 0.1) is 0 Å². The van der Waals surface area contributed by atoms with Crippen LogP contribution in [0.5, 0.6) is 5.75 Å². The fraction of sp³-hybridized carbons (Fsp3) is 0. The van der Waals surface area contributed by atoms with Crippen LogP contribution in [-0.2, 0) is 4.79 Å². The number of carbonyl (C=O) groups is 2. The quantitative estimate of drug-likeness (QED) is 0.249. The number of hydrogen-bond donors (Lipinski definition) is 0. The third-order valence-electron chi connectivity index (χ3n) is 4.18. The SMILES string of the molecule is O=C(Oc1cccc(/C=C2\SC(=S)N(c3ccccc3)C2=O)c1)c1ccccc1. The first kappa shape index (κ1) is 19.1. The van der Waals surface area contributed by atoms with Crippen molar-refractivity contribution in [3.8, 4) is 5.75 Å². The Morgan fingerprint density at radius 3 is 2.34 bits per heavy atom. The number of para-hydroxylation sites is 1. The fourth-order valence-electron chi connectivity index (χ4n) is 2.83. The molecular formula is C23H15NO3S2. The highest BCUT2D eigenvalue weighted by Crippen LogP contribution is 2.36. The molecular weight excluding hydrogens is 402 g/mol. The molecule has 0 atom stereocenters. The van der Waals surface area contributed by atoms with Gasteiger partial charge >= 0.3 is 5.97 Å². The third-order valence-corrected chi connectivity index (χ3v) is 5.49. The molecule has 0 bridgehead atoms. The highest BCUT2D eigenvalue weighted by molar-refractivity contribution is 8.27. The zero-order chi connectivity index (χ0) is 20.2. The van der Waals surface area contributed by atoms with Crippen molar-refractivity contribution in [1.82, 2.24) is 0 Å². The summed E-state index contributed by atoms with van der Waals surface area (Å²) in [6, 6.07) is 25.1. The van der Waals surface area contributed by atoms with E-state index in [1.54, 1.807) is 48.5 Å². The van der Waals surface area contributed by atoms with E-state index in [1.807, 2.05) is 42.5 Å². The number of amides is 1. The van der Waals surface area contributed by atoms with Gasteiger partial charge in [-0.1, -0.05) is 72.5 Å². The summed E-state index contributed by atoms with van der Waals surface area (Å²) in [5.74, 6) is -0.192. The van der Waals surface area contributed by atoms with E-state index >= 15 is 0 Å². The standard InChI is InChI=1S/C23H15NO3S2/c25-21-20(29-23(28)24(21)18-11-5-2-6-12-18)15-16-8-7-13-19(14-16)27-22(26)17-9-3-1-4-10-17/h1-15H/b20-15-. The highest BCUT2D eigenvalue weighted by atomic mass is 32.2. The Bertz CT molecular complexity index is 1110. The number of esters is 1. The second kappa shape index (κ2) is 8.43. The minimum Gasteiger partial charge on any atom is -0.423 e. The summed E-state index contributed by atoms with van der Waals surface area (Å²) in [5, 5.41) is 0. The van der Waals surface area contributed by atoms with Crippen LogP contribution in [0.15, 0.2) is 89.8 Å². The predicted octanol–water partition coefficient (Wildman–Crippen LogP) is 5.31. The van der Waals surface area contributed by atoms with Gasteiger partial charge in [0.2, 0.25) is 0 Å². The Kier molecular flexibility index (Phi) is 5.55. The van der Waals surface area contributed by atoms with Gasteiger partial charge in [0.1, 0.15) is 5.75 Å². The maximum Gasteiger partial charge on any atom is 0.343 e. The van der Waals surface area contributed by atoms with Crippen LogP contribution in [0.3, 0.4) is 0 Å². The van der Waals surface area contributed by atoms with E-state index in [9.17, 15) is 9.59 Å². The molecule has 0 unspecified atom stereocenters. The maximum atomic E-state index is 12.8. The van der Waals surface area contributed by atoms with Crippen LogP contribution in [0.25, 0.3) is 6.08 Å². The molecule has 0 spiro atoms. The van der Waals surface area contributed by atoms with Gasteiger partial charge in [0, 0.05) is 0 Å². The number of hydrogen-bond acceptors (Lipinski definition) is 5. The van der Waals surface area contributed by atoms with Crippen LogP contribution in [0.2, 0.25) is 0 Å². The molecule has 3 aromatic rings. The lowest BCUT2D eigenvalue weighted by atomic mass is 10.2. The summed E-state index contributed by atoms with van der Waals surface area (Å²) in [6.07, 6.45) is 1.75. The van der Waals surface area contributed by atoms with Crippen molar-refractivity contribution in [3.05, 3.63) is 101 Å². The van der Waals surface area contributed by atoms with Crippen molar-refractivity contribution in [1.29, 1.82) is 0 Å². The Morgan fingerprint density at radius 1 is 0.931 bits per heavy atom. The van der Waals surface area contributed by atoms with Gasteiger partial charge in [-0.3, -0.25) is 9.69 Å². The Balaban J connectivity index is 1.54.